The van der Waals surface area contributed by atoms with Crippen LogP contribution in [0.3, 0.4) is 0 Å². The quantitative estimate of drug-likeness (QED) is 0.571. The molecular weight excluding hydrogens is 244 g/mol. The Morgan fingerprint density at radius 2 is 2.16 bits per heavy atom. The van der Waals surface area contributed by atoms with E-state index in [1.165, 1.54) is 0 Å². The van der Waals surface area contributed by atoms with Crippen LogP contribution in [-0.2, 0) is 4.74 Å². The second-order valence-corrected chi connectivity index (χ2v) is 5.35. The zero-order valence-electron chi connectivity index (χ0n) is 11.1. The minimum Gasteiger partial charge on any atom is -0.505 e. The van der Waals surface area contributed by atoms with Gasteiger partial charge in [-0.3, -0.25) is 4.79 Å². The first-order chi connectivity index (χ1) is 9.02. The molecule has 1 aliphatic heterocycles. The standard InChI is InChI=1S/C14H20N2O3/c1-14(5-7-19-8-6-14)9-16-13(18)10-3-2-4-11(15)12(10)17/h2-4,17H,5-9,15H2,1H3,(H,16,18). The van der Waals surface area contributed by atoms with E-state index in [-0.39, 0.29) is 28.3 Å². The lowest BCUT2D eigenvalue weighted by Crippen LogP contribution is -2.39. The molecule has 0 atom stereocenters. The van der Waals surface area contributed by atoms with Gasteiger partial charge >= 0.3 is 0 Å². The van der Waals surface area contributed by atoms with Crippen LogP contribution < -0.4 is 11.1 Å². The second kappa shape index (κ2) is 5.48. The van der Waals surface area contributed by atoms with Gasteiger partial charge in [-0.25, -0.2) is 0 Å². The number of phenols is 1. The highest BCUT2D eigenvalue weighted by Crippen LogP contribution is 2.29. The predicted molar refractivity (Wildman–Crippen MR) is 73.0 cm³/mol. The summed E-state index contributed by atoms with van der Waals surface area (Å²) in [6.07, 6.45) is 1.85. The van der Waals surface area contributed by atoms with Crippen molar-refractivity contribution in [3.63, 3.8) is 0 Å². The number of para-hydroxylation sites is 1. The van der Waals surface area contributed by atoms with Crippen LogP contribution in [0.4, 0.5) is 5.69 Å². The smallest absolute Gasteiger partial charge is 0.255 e. The Bertz CT molecular complexity index is 468. The number of ether oxygens (including phenoxy) is 1. The fraction of sp³-hybridized carbons (Fsp3) is 0.500. The molecule has 1 heterocycles. The highest BCUT2D eigenvalue weighted by molar-refractivity contribution is 5.98. The third kappa shape index (κ3) is 3.17. The number of hydrogen-bond donors (Lipinski definition) is 3. The van der Waals surface area contributed by atoms with Crippen LogP contribution in [0.15, 0.2) is 18.2 Å². The third-order valence-corrected chi connectivity index (χ3v) is 3.69. The Balaban J connectivity index is 1.99. The molecule has 1 aliphatic rings. The number of nitrogen functional groups attached to an aromatic ring is 1. The number of rotatable bonds is 3. The minimum absolute atomic E-state index is 0.0594. The van der Waals surface area contributed by atoms with Gasteiger partial charge in [0, 0.05) is 19.8 Å². The van der Waals surface area contributed by atoms with Crippen molar-refractivity contribution in [1.29, 1.82) is 0 Å². The number of phenolic OH excluding ortho intramolecular Hbond substituents is 1. The van der Waals surface area contributed by atoms with E-state index in [0.29, 0.717) is 6.54 Å². The Morgan fingerprint density at radius 1 is 1.47 bits per heavy atom. The average molecular weight is 264 g/mol. The van der Waals surface area contributed by atoms with Crippen LogP contribution >= 0.6 is 0 Å². The summed E-state index contributed by atoms with van der Waals surface area (Å²) in [7, 11) is 0. The molecule has 0 bridgehead atoms. The number of amides is 1. The monoisotopic (exact) mass is 264 g/mol. The molecule has 0 aromatic heterocycles. The molecule has 0 radical (unpaired) electrons. The molecule has 1 aromatic rings. The molecule has 5 nitrogen and oxygen atoms in total. The van der Waals surface area contributed by atoms with Gasteiger partial charge in [0.25, 0.3) is 5.91 Å². The van der Waals surface area contributed by atoms with Gasteiger partial charge in [-0.15, -0.1) is 0 Å². The van der Waals surface area contributed by atoms with E-state index >= 15 is 0 Å². The Labute approximate surface area is 112 Å². The lowest BCUT2D eigenvalue weighted by atomic mass is 9.82. The van der Waals surface area contributed by atoms with Gasteiger partial charge in [-0.1, -0.05) is 13.0 Å². The molecule has 19 heavy (non-hydrogen) atoms. The highest BCUT2D eigenvalue weighted by Gasteiger charge is 2.28. The molecule has 0 aliphatic carbocycles. The second-order valence-electron chi connectivity index (χ2n) is 5.35. The molecule has 5 heteroatoms. The minimum atomic E-state index is -0.294. The predicted octanol–water partition coefficient (Wildman–Crippen LogP) is 1.52. The number of nitrogens with two attached hydrogens (primary N) is 1. The number of hydrogen-bond acceptors (Lipinski definition) is 4. The molecule has 0 saturated carbocycles. The van der Waals surface area contributed by atoms with Crippen LogP contribution in [0.2, 0.25) is 0 Å². The van der Waals surface area contributed by atoms with Crippen LogP contribution in [0, 0.1) is 5.41 Å². The summed E-state index contributed by atoms with van der Waals surface area (Å²) in [6, 6.07) is 4.78. The van der Waals surface area contributed by atoms with Crippen LogP contribution in [0.1, 0.15) is 30.1 Å². The molecule has 0 spiro atoms. The van der Waals surface area contributed by atoms with Crippen LogP contribution in [0.25, 0.3) is 0 Å². The summed E-state index contributed by atoms with van der Waals surface area (Å²) in [4.78, 5) is 12.0. The summed E-state index contributed by atoms with van der Waals surface area (Å²) in [5.41, 5.74) is 6.07. The van der Waals surface area contributed by atoms with E-state index in [4.69, 9.17) is 10.5 Å². The number of benzene rings is 1. The van der Waals surface area contributed by atoms with Crippen molar-refractivity contribution < 1.29 is 14.6 Å². The molecule has 1 fully saturated rings. The van der Waals surface area contributed by atoms with Crippen molar-refractivity contribution in [2.24, 2.45) is 5.41 Å². The van der Waals surface area contributed by atoms with Gasteiger partial charge in [0.05, 0.1) is 11.3 Å². The van der Waals surface area contributed by atoms with Gasteiger partial charge in [-0.2, -0.15) is 0 Å². The largest absolute Gasteiger partial charge is 0.505 e. The Hall–Kier alpha value is -1.75. The number of anilines is 1. The molecule has 1 amide bonds. The van der Waals surface area contributed by atoms with Crippen LogP contribution in [-0.4, -0.2) is 30.8 Å². The maximum absolute atomic E-state index is 12.0. The van der Waals surface area contributed by atoms with Gasteiger partial charge in [0.1, 0.15) is 0 Å². The molecule has 0 unspecified atom stereocenters. The first kappa shape index (κ1) is 13.7. The maximum Gasteiger partial charge on any atom is 0.255 e. The molecule has 1 saturated heterocycles. The fourth-order valence-electron chi connectivity index (χ4n) is 2.17. The first-order valence-electron chi connectivity index (χ1n) is 6.45. The Morgan fingerprint density at radius 3 is 2.84 bits per heavy atom. The Kier molecular flexibility index (Phi) is 3.95. The zero-order valence-corrected chi connectivity index (χ0v) is 11.1. The summed E-state index contributed by atoms with van der Waals surface area (Å²) >= 11 is 0. The zero-order chi connectivity index (χ0) is 13.9. The van der Waals surface area contributed by atoms with Crippen LogP contribution in [0.5, 0.6) is 5.75 Å². The topological polar surface area (TPSA) is 84.6 Å². The lowest BCUT2D eigenvalue weighted by Gasteiger charge is -2.33. The van der Waals surface area contributed by atoms with Gasteiger partial charge in [-0.05, 0) is 30.4 Å². The number of aromatic hydroxyl groups is 1. The maximum atomic E-state index is 12.0. The number of carbonyl (C=O) groups excluding carboxylic acids is 1. The SMILES string of the molecule is CC1(CNC(=O)c2cccc(N)c2O)CCOCC1. The van der Waals surface area contributed by atoms with Crippen molar-refractivity contribution in [2.45, 2.75) is 19.8 Å². The van der Waals surface area contributed by atoms with E-state index in [9.17, 15) is 9.90 Å². The van der Waals surface area contributed by atoms with E-state index in [2.05, 4.69) is 12.2 Å². The summed E-state index contributed by atoms with van der Waals surface area (Å²) < 4.78 is 5.32. The number of nitrogens with one attached hydrogen (secondary N) is 1. The van der Waals surface area contributed by atoms with Crippen molar-refractivity contribution >= 4 is 11.6 Å². The molecule has 1 aromatic carbocycles. The van der Waals surface area contributed by atoms with Gasteiger partial charge in [0.15, 0.2) is 5.75 Å². The number of carbonyl (C=O) groups is 1. The normalized spacial score (nSPS) is 17.9. The lowest BCUT2D eigenvalue weighted by molar-refractivity contribution is 0.0238. The molecule has 4 N–H and O–H groups in total. The van der Waals surface area contributed by atoms with Crippen molar-refractivity contribution in [3.8, 4) is 5.75 Å². The van der Waals surface area contributed by atoms with Crippen molar-refractivity contribution in [3.05, 3.63) is 23.8 Å². The summed E-state index contributed by atoms with van der Waals surface area (Å²) in [6.45, 7) is 4.17. The highest BCUT2D eigenvalue weighted by atomic mass is 16.5. The molecule has 104 valence electrons. The molecular formula is C14H20N2O3. The van der Waals surface area contributed by atoms with E-state index in [1.54, 1.807) is 18.2 Å². The summed E-state index contributed by atoms with van der Waals surface area (Å²) in [5, 5.41) is 12.6. The van der Waals surface area contributed by atoms with E-state index in [1.807, 2.05) is 0 Å². The fourth-order valence-corrected chi connectivity index (χ4v) is 2.17. The van der Waals surface area contributed by atoms with Gasteiger partial charge < -0.3 is 20.9 Å². The van der Waals surface area contributed by atoms with Crippen molar-refractivity contribution in [2.75, 3.05) is 25.5 Å². The summed E-state index contributed by atoms with van der Waals surface area (Å²) in [5.74, 6) is -0.449. The molecule has 2 rings (SSSR count). The van der Waals surface area contributed by atoms with Crippen molar-refractivity contribution in [1.82, 2.24) is 5.32 Å². The first-order valence-corrected chi connectivity index (χ1v) is 6.45. The average Bonchev–Trinajstić information content (AvgIpc) is 2.40. The van der Waals surface area contributed by atoms with Gasteiger partial charge in [0.2, 0.25) is 0 Å². The third-order valence-electron chi connectivity index (χ3n) is 3.69. The van der Waals surface area contributed by atoms with E-state index < -0.39 is 0 Å². The van der Waals surface area contributed by atoms with E-state index in [0.717, 1.165) is 26.1 Å².